The smallest absolute Gasteiger partial charge is 0.0703 e. The Kier molecular flexibility index (Phi) is 3.35. The fourth-order valence-corrected chi connectivity index (χ4v) is 1.16. The highest BCUT2D eigenvalue weighted by Crippen LogP contribution is 2.14. The minimum atomic E-state index is 0. The van der Waals surface area contributed by atoms with Gasteiger partial charge in [0.1, 0.15) is 0 Å². The van der Waals surface area contributed by atoms with Crippen LogP contribution in [0.1, 0.15) is 13.0 Å². The number of nitrogens with zero attached hydrogens (tertiary/aromatic N) is 2. The van der Waals surface area contributed by atoms with Crippen LogP contribution in [0.15, 0.2) is 42.9 Å². The first kappa shape index (κ1) is 10.4. The van der Waals surface area contributed by atoms with Gasteiger partial charge in [-0.25, -0.2) is 0 Å². The van der Waals surface area contributed by atoms with Gasteiger partial charge in [0.15, 0.2) is 0 Å². The lowest BCUT2D eigenvalue weighted by atomic mass is 10.1. The summed E-state index contributed by atoms with van der Waals surface area (Å²) in [5.41, 5.74) is 3.28. The summed E-state index contributed by atoms with van der Waals surface area (Å²) in [6.45, 7) is 2.03. The van der Waals surface area contributed by atoms with E-state index in [1.165, 1.54) is 5.56 Å². The molecule has 0 aliphatic rings. The fourth-order valence-electron chi connectivity index (χ4n) is 1.16. The molecular weight excluding hydrogens is 172 g/mol. The maximum absolute atomic E-state index is 4.32. The predicted octanol–water partition coefficient (Wildman–Crippen LogP) is 3.09. The Labute approximate surface area is 84.7 Å². The molecule has 0 N–H and O–H groups in total. The van der Waals surface area contributed by atoms with Crippen LogP contribution >= 0.6 is 0 Å². The van der Waals surface area contributed by atoms with Crippen molar-refractivity contribution in [2.45, 2.75) is 14.4 Å². The molecule has 14 heavy (non-hydrogen) atoms. The van der Waals surface area contributed by atoms with Crippen LogP contribution < -0.4 is 0 Å². The molecule has 2 aromatic rings. The topological polar surface area (TPSA) is 25.8 Å². The Morgan fingerprint density at radius 1 is 1.00 bits per heavy atom. The highest BCUT2D eigenvalue weighted by Gasteiger charge is 1.95. The first-order chi connectivity index (χ1) is 6.36. The molecule has 0 saturated heterocycles. The summed E-state index contributed by atoms with van der Waals surface area (Å²) in [7, 11) is 0. The number of aryl methyl sites for hydroxylation is 1. The average molecular weight is 186 g/mol. The summed E-state index contributed by atoms with van der Waals surface area (Å²) in [6, 6.07) is 7.99. The van der Waals surface area contributed by atoms with Crippen LogP contribution in [0.5, 0.6) is 0 Å². The second-order valence-electron chi connectivity index (χ2n) is 2.96. The summed E-state index contributed by atoms with van der Waals surface area (Å²) in [4.78, 5) is 8.28. The van der Waals surface area contributed by atoms with E-state index in [9.17, 15) is 0 Å². The molecule has 0 radical (unpaired) electrons. The van der Waals surface area contributed by atoms with Gasteiger partial charge in [0.2, 0.25) is 0 Å². The van der Waals surface area contributed by atoms with Gasteiger partial charge in [-0.2, -0.15) is 0 Å². The van der Waals surface area contributed by atoms with Gasteiger partial charge in [0.05, 0.1) is 5.69 Å². The molecule has 72 valence electrons. The van der Waals surface area contributed by atoms with Crippen LogP contribution in [0.4, 0.5) is 0 Å². The Balaban J connectivity index is 0.000000980. The zero-order valence-corrected chi connectivity index (χ0v) is 7.44. The van der Waals surface area contributed by atoms with Crippen molar-refractivity contribution in [1.29, 1.82) is 0 Å². The summed E-state index contributed by atoms with van der Waals surface area (Å²) in [5.74, 6) is 0. The molecule has 0 atom stereocenters. The van der Waals surface area contributed by atoms with Gasteiger partial charge in [-0.05, 0) is 30.7 Å². The number of rotatable bonds is 1. The third-order valence-corrected chi connectivity index (χ3v) is 1.89. The Bertz CT molecular complexity index is 379. The predicted molar refractivity (Wildman–Crippen MR) is 58.9 cm³/mol. The largest absolute Gasteiger partial charge is 0.265 e. The zero-order chi connectivity index (χ0) is 9.10. The molecule has 0 aliphatic heterocycles. The summed E-state index contributed by atoms with van der Waals surface area (Å²) < 4.78 is 0. The third kappa shape index (κ3) is 2.16. The lowest BCUT2D eigenvalue weighted by Crippen LogP contribution is -1.83. The van der Waals surface area contributed by atoms with E-state index < -0.39 is 0 Å². The molecule has 2 aromatic heterocycles. The minimum Gasteiger partial charge on any atom is -0.265 e. The zero-order valence-electron chi connectivity index (χ0n) is 7.44. The first-order valence-electron chi connectivity index (χ1n) is 4.19. The van der Waals surface area contributed by atoms with E-state index in [4.69, 9.17) is 0 Å². The van der Waals surface area contributed by atoms with Crippen molar-refractivity contribution in [3.8, 4) is 11.3 Å². The highest BCUT2D eigenvalue weighted by molar-refractivity contribution is 5.57. The van der Waals surface area contributed by atoms with Gasteiger partial charge >= 0.3 is 0 Å². The van der Waals surface area contributed by atoms with E-state index in [2.05, 4.69) is 16.0 Å². The Morgan fingerprint density at radius 3 is 2.29 bits per heavy atom. The third-order valence-electron chi connectivity index (χ3n) is 1.89. The molecule has 0 amide bonds. The fraction of sp³-hybridized carbons (Fsp3) is 0.167. The Morgan fingerprint density at radius 2 is 1.71 bits per heavy atom. The van der Waals surface area contributed by atoms with Gasteiger partial charge in [0.25, 0.3) is 0 Å². The van der Waals surface area contributed by atoms with Crippen molar-refractivity contribution in [2.75, 3.05) is 0 Å². The average Bonchev–Trinajstić information content (AvgIpc) is 2.20. The van der Waals surface area contributed by atoms with E-state index in [-0.39, 0.29) is 7.43 Å². The normalized spacial score (nSPS) is 9.21. The van der Waals surface area contributed by atoms with Crippen LogP contribution in [0.3, 0.4) is 0 Å². The van der Waals surface area contributed by atoms with Crippen molar-refractivity contribution >= 4 is 0 Å². The van der Waals surface area contributed by atoms with Gasteiger partial charge in [-0.1, -0.05) is 13.5 Å². The van der Waals surface area contributed by atoms with Crippen molar-refractivity contribution in [3.63, 3.8) is 0 Å². The van der Waals surface area contributed by atoms with E-state index in [1.807, 2.05) is 31.3 Å². The molecule has 2 heteroatoms. The van der Waals surface area contributed by atoms with E-state index in [0.29, 0.717) is 0 Å². The van der Waals surface area contributed by atoms with Crippen LogP contribution in [-0.4, -0.2) is 9.97 Å². The maximum atomic E-state index is 4.32. The van der Waals surface area contributed by atoms with Crippen molar-refractivity contribution in [3.05, 3.63) is 48.4 Å². The summed E-state index contributed by atoms with van der Waals surface area (Å²) in [5, 5.41) is 0. The van der Waals surface area contributed by atoms with E-state index >= 15 is 0 Å². The summed E-state index contributed by atoms with van der Waals surface area (Å²) >= 11 is 0. The number of hydrogen-bond donors (Lipinski definition) is 0. The minimum absolute atomic E-state index is 0. The second-order valence-corrected chi connectivity index (χ2v) is 2.96. The number of pyridine rings is 2. The van der Waals surface area contributed by atoms with Crippen molar-refractivity contribution in [1.82, 2.24) is 9.97 Å². The lowest BCUT2D eigenvalue weighted by molar-refractivity contribution is 1.25. The molecule has 2 nitrogen and oxygen atoms in total. The molecule has 2 heterocycles. The van der Waals surface area contributed by atoms with Gasteiger partial charge in [0, 0.05) is 24.2 Å². The van der Waals surface area contributed by atoms with Crippen LogP contribution in [0, 0.1) is 6.92 Å². The SMILES string of the molecule is C.Cc1ccc(-c2ccncc2)nc1. The van der Waals surface area contributed by atoms with Crippen LogP contribution in [0.2, 0.25) is 0 Å². The number of hydrogen-bond acceptors (Lipinski definition) is 2. The maximum Gasteiger partial charge on any atom is 0.0703 e. The molecule has 0 spiro atoms. The number of aromatic nitrogens is 2. The van der Waals surface area contributed by atoms with Crippen LogP contribution in [0.25, 0.3) is 11.3 Å². The molecule has 0 saturated carbocycles. The summed E-state index contributed by atoms with van der Waals surface area (Å²) in [6.07, 6.45) is 5.42. The monoisotopic (exact) mass is 186 g/mol. The quantitative estimate of drug-likeness (QED) is 0.684. The second kappa shape index (κ2) is 4.51. The molecule has 2 rings (SSSR count). The van der Waals surface area contributed by atoms with Gasteiger partial charge < -0.3 is 0 Å². The van der Waals surface area contributed by atoms with Gasteiger partial charge in [-0.15, -0.1) is 0 Å². The molecule has 0 unspecified atom stereocenters. The first-order valence-corrected chi connectivity index (χ1v) is 4.19. The molecule has 0 bridgehead atoms. The van der Waals surface area contributed by atoms with Gasteiger partial charge in [-0.3, -0.25) is 9.97 Å². The molecule has 0 fully saturated rings. The molecular formula is C12H14N2. The molecule has 0 aliphatic carbocycles. The Hall–Kier alpha value is -1.70. The van der Waals surface area contributed by atoms with E-state index in [1.54, 1.807) is 12.4 Å². The van der Waals surface area contributed by atoms with Crippen LogP contribution in [-0.2, 0) is 0 Å². The molecule has 0 aromatic carbocycles. The lowest BCUT2D eigenvalue weighted by Gasteiger charge is -1.99. The van der Waals surface area contributed by atoms with E-state index in [0.717, 1.165) is 11.3 Å². The highest BCUT2D eigenvalue weighted by atomic mass is 14.7. The van der Waals surface area contributed by atoms with Crippen molar-refractivity contribution < 1.29 is 0 Å². The standard InChI is InChI=1S/C11H10N2.CH4/c1-9-2-3-11(13-8-9)10-4-6-12-7-5-10;/h2-8H,1H3;1H4. The van der Waals surface area contributed by atoms with Crippen molar-refractivity contribution in [2.24, 2.45) is 0 Å².